The number of hydrogen-bond donors (Lipinski definition) is 1. The highest BCUT2D eigenvalue weighted by Crippen LogP contribution is 2.36. The SMILES string of the molecule is N#Cc1ccc(NS(=O)(=O)c2cc([N+](=O)[O-])c(Cl)s2)cc1. The van der Waals surface area contributed by atoms with Gasteiger partial charge in [0, 0.05) is 11.8 Å². The maximum atomic E-state index is 12.1. The average molecular weight is 344 g/mol. The van der Waals surface area contributed by atoms with E-state index in [1.165, 1.54) is 24.3 Å². The molecule has 0 amide bonds. The molecule has 1 N–H and O–H groups in total. The number of hydrogen-bond acceptors (Lipinski definition) is 6. The highest BCUT2D eigenvalue weighted by atomic mass is 35.5. The molecule has 0 aliphatic heterocycles. The Morgan fingerprint density at radius 3 is 2.43 bits per heavy atom. The van der Waals surface area contributed by atoms with E-state index in [4.69, 9.17) is 16.9 Å². The predicted octanol–water partition coefficient (Wildman–Crippen LogP) is 2.98. The van der Waals surface area contributed by atoms with Gasteiger partial charge in [0.2, 0.25) is 0 Å². The second-order valence-corrected chi connectivity index (χ2v) is 7.34. The molecule has 0 aliphatic rings. The zero-order valence-electron chi connectivity index (χ0n) is 10.1. The van der Waals surface area contributed by atoms with E-state index in [1.54, 1.807) is 0 Å². The van der Waals surface area contributed by atoms with Crippen LogP contribution < -0.4 is 4.72 Å². The normalized spacial score (nSPS) is 10.9. The summed E-state index contributed by atoms with van der Waals surface area (Å²) in [6.45, 7) is 0. The van der Waals surface area contributed by atoms with Gasteiger partial charge in [-0.2, -0.15) is 5.26 Å². The topological polar surface area (TPSA) is 113 Å². The zero-order valence-corrected chi connectivity index (χ0v) is 12.5. The lowest BCUT2D eigenvalue weighted by Gasteiger charge is -2.05. The summed E-state index contributed by atoms with van der Waals surface area (Å²) in [7, 11) is -3.97. The molecular formula is C11H6ClN3O4S2. The monoisotopic (exact) mass is 343 g/mol. The van der Waals surface area contributed by atoms with Gasteiger partial charge in [0.05, 0.1) is 16.6 Å². The summed E-state index contributed by atoms with van der Waals surface area (Å²) in [5, 5.41) is 19.3. The first-order valence-electron chi connectivity index (χ1n) is 5.30. The molecule has 0 fully saturated rings. The number of benzene rings is 1. The van der Waals surface area contributed by atoms with Crippen molar-refractivity contribution >= 4 is 44.3 Å². The number of thiophene rings is 1. The smallest absolute Gasteiger partial charge is 0.279 e. The molecule has 10 heteroatoms. The summed E-state index contributed by atoms with van der Waals surface area (Å²) in [6, 6.07) is 8.53. The van der Waals surface area contributed by atoms with Crippen molar-refractivity contribution in [2.24, 2.45) is 0 Å². The predicted molar refractivity (Wildman–Crippen MR) is 77.9 cm³/mol. The Hall–Kier alpha value is -2.15. The van der Waals surface area contributed by atoms with E-state index in [0.717, 1.165) is 6.07 Å². The fourth-order valence-electron chi connectivity index (χ4n) is 1.41. The van der Waals surface area contributed by atoms with Crippen LogP contribution in [0.25, 0.3) is 0 Å². The molecule has 2 aromatic rings. The van der Waals surface area contributed by atoms with Crippen molar-refractivity contribution in [2.75, 3.05) is 4.72 Å². The minimum absolute atomic E-state index is 0.208. The minimum Gasteiger partial charge on any atom is -0.279 e. The molecule has 1 heterocycles. The van der Waals surface area contributed by atoms with Gasteiger partial charge in [-0.1, -0.05) is 11.6 Å². The van der Waals surface area contributed by atoms with Crippen molar-refractivity contribution in [3.63, 3.8) is 0 Å². The van der Waals surface area contributed by atoms with Gasteiger partial charge in [-0.25, -0.2) is 8.42 Å². The Kier molecular flexibility index (Phi) is 4.13. The molecule has 0 spiro atoms. The van der Waals surface area contributed by atoms with Crippen molar-refractivity contribution in [3.8, 4) is 6.07 Å². The lowest BCUT2D eigenvalue weighted by atomic mass is 10.2. The highest BCUT2D eigenvalue weighted by molar-refractivity contribution is 7.94. The summed E-state index contributed by atoms with van der Waals surface area (Å²) >= 11 is 6.23. The van der Waals surface area contributed by atoms with Crippen LogP contribution in [0.1, 0.15) is 5.56 Å². The summed E-state index contributed by atoms with van der Waals surface area (Å²) < 4.78 is 26.0. The molecule has 0 atom stereocenters. The number of nitrogens with one attached hydrogen (secondary N) is 1. The van der Waals surface area contributed by atoms with E-state index in [9.17, 15) is 18.5 Å². The Balaban J connectivity index is 2.31. The summed E-state index contributed by atoms with van der Waals surface area (Å²) in [4.78, 5) is 9.92. The first-order chi connectivity index (χ1) is 9.83. The molecule has 1 aromatic heterocycles. The van der Waals surface area contributed by atoms with Gasteiger partial charge in [-0.3, -0.25) is 14.8 Å². The maximum Gasteiger partial charge on any atom is 0.300 e. The van der Waals surface area contributed by atoms with E-state index in [2.05, 4.69) is 4.72 Å². The molecule has 0 radical (unpaired) electrons. The summed E-state index contributed by atoms with van der Waals surface area (Å²) in [6.07, 6.45) is 0. The molecular weight excluding hydrogens is 338 g/mol. The van der Waals surface area contributed by atoms with Gasteiger partial charge in [-0.05, 0) is 24.3 Å². The Morgan fingerprint density at radius 1 is 1.33 bits per heavy atom. The number of rotatable bonds is 4. The van der Waals surface area contributed by atoms with Crippen molar-refractivity contribution in [2.45, 2.75) is 4.21 Å². The third-order valence-corrected chi connectivity index (χ3v) is 5.57. The minimum atomic E-state index is -3.97. The summed E-state index contributed by atoms with van der Waals surface area (Å²) in [5.74, 6) is 0. The molecule has 0 saturated heterocycles. The molecule has 0 saturated carbocycles. The molecule has 0 aliphatic carbocycles. The van der Waals surface area contributed by atoms with Crippen LogP contribution in [-0.4, -0.2) is 13.3 Å². The molecule has 2 rings (SSSR count). The van der Waals surface area contributed by atoms with Gasteiger partial charge in [0.15, 0.2) is 4.34 Å². The lowest BCUT2D eigenvalue weighted by Crippen LogP contribution is -2.11. The second kappa shape index (κ2) is 5.69. The number of nitrogens with zero attached hydrogens (tertiary/aromatic N) is 2. The highest BCUT2D eigenvalue weighted by Gasteiger charge is 2.25. The van der Waals surface area contributed by atoms with Gasteiger partial charge in [0.1, 0.15) is 4.21 Å². The molecule has 0 bridgehead atoms. The quantitative estimate of drug-likeness (QED) is 0.677. The van der Waals surface area contributed by atoms with Crippen LogP contribution in [-0.2, 0) is 10.0 Å². The van der Waals surface area contributed by atoms with Crippen molar-refractivity contribution in [1.29, 1.82) is 5.26 Å². The number of nitro groups is 1. The number of nitriles is 1. The molecule has 108 valence electrons. The van der Waals surface area contributed by atoms with E-state index in [1.807, 2.05) is 6.07 Å². The zero-order chi connectivity index (χ0) is 15.6. The maximum absolute atomic E-state index is 12.1. The van der Waals surface area contributed by atoms with Crippen LogP contribution >= 0.6 is 22.9 Å². The van der Waals surface area contributed by atoms with Crippen LogP contribution in [0.5, 0.6) is 0 Å². The first-order valence-corrected chi connectivity index (χ1v) is 7.98. The van der Waals surface area contributed by atoms with Crippen LogP contribution in [0, 0.1) is 21.4 Å². The van der Waals surface area contributed by atoms with Crippen LogP contribution in [0.15, 0.2) is 34.5 Å². The van der Waals surface area contributed by atoms with E-state index < -0.39 is 20.6 Å². The van der Waals surface area contributed by atoms with Crippen molar-refractivity contribution in [3.05, 3.63) is 50.3 Å². The number of halogens is 1. The Bertz CT molecular complexity index is 837. The second-order valence-electron chi connectivity index (χ2n) is 3.78. The van der Waals surface area contributed by atoms with Crippen LogP contribution in [0.2, 0.25) is 4.34 Å². The molecule has 21 heavy (non-hydrogen) atoms. The number of anilines is 1. The molecule has 1 aromatic carbocycles. The standard InChI is InChI=1S/C11H6ClN3O4S2/c12-11-9(15(16)17)5-10(20-11)21(18,19)14-8-3-1-7(6-13)2-4-8/h1-5,14H. The van der Waals surface area contributed by atoms with E-state index >= 15 is 0 Å². The molecule has 7 nitrogen and oxygen atoms in total. The van der Waals surface area contributed by atoms with Crippen LogP contribution in [0.3, 0.4) is 0 Å². The van der Waals surface area contributed by atoms with E-state index in [0.29, 0.717) is 16.9 Å². The third-order valence-electron chi connectivity index (χ3n) is 2.37. The lowest BCUT2D eigenvalue weighted by molar-refractivity contribution is -0.384. The van der Waals surface area contributed by atoms with E-state index in [-0.39, 0.29) is 14.2 Å². The average Bonchev–Trinajstić information content (AvgIpc) is 2.82. The first kappa shape index (κ1) is 15.2. The van der Waals surface area contributed by atoms with Gasteiger partial charge in [-0.15, -0.1) is 11.3 Å². The van der Waals surface area contributed by atoms with Crippen LogP contribution in [0.4, 0.5) is 11.4 Å². The fourth-order valence-corrected chi connectivity index (χ4v) is 4.14. The van der Waals surface area contributed by atoms with Gasteiger partial charge < -0.3 is 0 Å². The number of sulfonamides is 1. The van der Waals surface area contributed by atoms with Crippen molar-refractivity contribution < 1.29 is 13.3 Å². The Labute approximate surface area is 128 Å². The molecule has 0 unspecified atom stereocenters. The van der Waals surface area contributed by atoms with Gasteiger partial charge >= 0.3 is 0 Å². The largest absolute Gasteiger partial charge is 0.300 e. The third kappa shape index (κ3) is 3.30. The van der Waals surface area contributed by atoms with Gasteiger partial charge in [0.25, 0.3) is 15.7 Å². The summed E-state index contributed by atoms with van der Waals surface area (Å²) in [5.41, 5.74) is 0.163. The fraction of sp³-hybridized carbons (Fsp3) is 0. The van der Waals surface area contributed by atoms with Crippen molar-refractivity contribution in [1.82, 2.24) is 0 Å². The Morgan fingerprint density at radius 2 is 1.95 bits per heavy atom.